The summed E-state index contributed by atoms with van der Waals surface area (Å²) in [5, 5.41) is 0.371. The van der Waals surface area contributed by atoms with E-state index in [4.69, 9.17) is 16.3 Å². The van der Waals surface area contributed by atoms with Crippen LogP contribution in [0.3, 0.4) is 0 Å². The maximum atomic E-state index is 13.1. The zero-order valence-electron chi connectivity index (χ0n) is 14.2. The molecule has 3 fully saturated rings. The quantitative estimate of drug-likeness (QED) is 0.800. The summed E-state index contributed by atoms with van der Waals surface area (Å²) in [5.41, 5.74) is -0.808. The van der Waals surface area contributed by atoms with Crippen LogP contribution in [-0.4, -0.2) is 54.5 Å². The number of hydrogen-bond donors (Lipinski definition) is 0. The van der Waals surface area contributed by atoms with E-state index < -0.39 is 21.8 Å². The van der Waals surface area contributed by atoms with Crippen LogP contribution in [0.2, 0.25) is 5.02 Å². The number of carbonyl (C=O) groups excluding carboxylic acids is 1. The van der Waals surface area contributed by atoms with E-state index in [1.165, 1.54) is 16.4 Å². The topological polar surface area (TPSA) is 66.9 Å². The fourth-order valence-corrected chi connectivity index (χ4v) is 6.34. The minimum Gasteiger partial charge on any atom is -0.352 e. The summed E-state index contributed by atoms with van der Waals surface area (Å²) in [5.74, 6) is 0.243. The Hall–Kier alpha value is -1.15. The summed E-state index contributed by atoms with van der Waals surface area (Å²) in [4.78, 5) is 14.6. The van der Waals surface area contributed by atoms with E-state index >= 15 is 0 Å². The predicted octanol–water partition coefficient (Wildman–Crippen LogP) is 2.09. The van der Waals surface area contributed by atoms with Crippen molar-refractivity contribution in [2.24, 2.45) is 5.92 Å². The molecule has 0 unspecified atom stereocenters. The summed E-state index contributed by atoms with van der Waals surface area (Å²) in [6.45, 7) is 4.92. The molecule has 0 aliphatic carbocycles. The van der Waals surface area contributed by atoms with Crippen molar-refractivity contribution in [1.29, 1.82) is 0 Å². The molecule has 0 N–H and O–H groups in total. The van der Waals surface area contributed by atoms with Gasteiger partial charge in [-0.2, -0.15) is 4.31 Å². The molecule has 6 nitrogen and oxygen atoms in total. The lowest BCUT2D eigenvalue weighted by Crippen LogP contribution is -2.51. The number of ether oxygens (including phenoxy) is 1. The maximum absolute atomic E-state index is 13.1. The van der Waals surface area contributed by atoms with Crippen molar-refractivity contribution >= 4 is 27.5 Å². The van der Waals surface area contributed by atoms with Gasteiger partial charge in [-0.25, -0.2) is 8.42 Å². The normalized spacial score (nSPS) is 32.5. The van der Waals surface area contributed by atoms with E-state index in [1.54, 1.807) is 12.1 Å². The van der Waals surface area contributed by atoms with Gasteiger partial charge in [0.15, 0.2) is 5.72 Å². The Bertz CT molecular complexity index is 828. The lowest BCUT2D eigenvalue weighted by molar-refractivity contribution is -0.139. The molecule has 25 heavy (non-hydrogen) atoms. The first kappa shape index (κ1) is 17.3. The summed E-state index contributed by atoms with van der Waals surface area (Å²) >= 11 is 5.96. The van der Waals surface area contributed by atoms with Crippen molar-refractivity contribution in [3.63, 3.8) is 0 Å². The number of hydrogen-bond acceptors (Lipinski definition) is 4. The molecule has 4 rings (SSSR count). The van der Waals surface area contributed by atoms with Gasteiger partial charge < -0.3 is 9.64 Å². The first-order valence-electron chi connectivity index (χ1n) is 8.51. The maximum Gasteiger partial charge on any atom is 0.243 e. The van der Waals surface area contributed by atoms with Gasteiger partial charge in [0.05, 0.1) is 23.6 Å². The Morgan fingerprint density at radius 3 is 2.80 bits per heavy atom. The van der Waals surface area contributed by atoms with E-state index in [2.05, 4.69) is 13.8 Å². The fraction of sp³-hybridized carbons (Fsp3) is 0.588. The molecule has 3 aliphatic rings. The second-order valence-corrected chi connectivity index (χ2v) is 9.60. The fourth-order valence-electron chi connectivity index (χ4n) is 4.38. The molecule has 0 saturated carbocycles. The third kappa shape index (κ3) is 2.36. The lowest BCUT2D eigenvalue weighted by Gasteiger charge is -2.34. The molecular formula is C17H21ClN2O4S. The van der Waals surface area contributed by atoms with Gasteiger partial charge in [0.2, 0.25) is 15.9 Å². The second-order valence-electron chi connectivity index (χ2n) is 7.27. The molecule has 8 heteroatoms. The van der Waals surface area contributed by atoms with Gasteiger partial charge >= 0.3 is 0 Å². The molecule has 1 amide bonds. The Morgan fingerprint density at radius 2 is 2.12 bits per heavy atom. The van der Waals surface area contributed by atoms with E-state index in [1.807, 2.05) is 4.90 Å². The zero-order chi connectivity index (χ0) is 18.0. The molecule has 1 aromatic rings. The van der Waals surface area contributed by atoms with Gasteiger partial charge in [-0.15, -0.1) is 0 Å². The van der Waals surface area contributed by atoms with Crippen LogP contribution >= 0.6 is 11.6 Å². The van der Waals surface area contributed by atoms with Crippen LogP contribution < -0.4 is 0 Å². The third-order valence-corrected chi connectivity index (χ3v) is 7.75. The van der Waals surface area contributed by atoms with Crippen LogP contribution in [0.15, 0.2) is 29.2 Å². The highest BCUT2D eigenvalue weighted by Crippen LogP contribution is 2.50. The predicted molar refractivity (Wildman–Crippen MR) is 92.5 cm³/mol. The van der Waals surface area contributed by atoms with Crippen LogP contribution in [-0.2, 0) is 19.6 Å². The molecule has 0 bridgehead atoms. The number of halogens is 1. The number of benzene rings is 1. The van der Waals surface area contributed by atoms with Crippen LogP contribution in [0.4, 0.5) is 0 Å². The molecule has 3 heterocycles. The van der Waals surface area contributed by atoms with Crippen LogP contribution in [0.25, 0.3) is 0 Å². The van der Waals surface area contributed by atoms with Crippen molar-refractivity contribution in [2.75, 3.05) is 13.2 Å². The molecule has 0 aromatic heterocycles. The number of rotatable bonds is 3. The molecule has 1 aromatic carbocycles. The van der Waals surface area contributed by atoms with Crippen molar-refractivity contribution in [1.82, 2.24) is 9.21 Å². The van der Waals surface area contributed by atoms with Crippen LogP contribution in [0.5, 0.6) is 0 Å². The van der Waals surface area contributed by atoms with Gasteiger partial charge in [0, 0.05) is 24.4 Å². The monoisotopic (exact) mass is 384 g/mol. The van der Waals surface area contributed by atoms with Gasteiger partial charge in [0.1, 0.15) is 0 Å². The Balaban J connectivity index is 1.71. The SMILES string of the molecule is CC(C)[C@@H]1CO[C@@]23CCN(S(=O)(=O)c4cccc(Cl)c4)[C@@H]2CC(=O)N13. The molecular weight excluding hydrogens is 364 g/mol. The highest BCUT2D eigenvalue weighted by atomic mass is 35.5. The second kappa shape index (κ2) is 5.67. The summed E-state index contributed by atoms with van der Waals surface area (Å²) in [6.07, 6.45) is 0.676. The molecule has 1 spiro atoms. The Labute approximate surface area is 152 Å². The van der Waals surface area contributed by atoms with Crippen molar-refractivity contribution in [3.05, 3.63) is 29.3 Å². The molecule has 0 radical (unpaired) electrons. The minimum absolute atomic E-state index is 0.00586. The van der Waals surface area contributed by atoms with Crippen molar-refractivity contribution in [3.8, 4) is 0 Å². The van der Waals surface area contributed by atoms with E-state index in [0.717, 1.165) is 0 Å². The van der Waals surface area contributed by atoms with E-state index in [-0.39, 0.29) is 29.2 Å². The number of nitrogens with zero attached hydrogens (tertiary/aromatic N) is 2. The average Bonchev–Trinajstić information content (AvgIpc) is 3.16. The number of sulfonamides is 1. The first-order chi connectivity index (χ1) is 11.8. The average molecular weight is 385 g/mol. The van der Waals surface area contributed by atoms with E-state index in [0.29, 0.717) is 24.6 Å². The smallest absolute Gasteiger partial charge is 0.243 e. The van der Waals surface area contributed by atoms with Crippen molar-refractivity contribution in [2.45, 2.75) is 49.4 Å². The highest BCUT2D eigenvalue weighted by Gasteiger charge is 2.66. The van der Waals surface area contributed by atoms with Gasteiger partial charge in [-0.3, -0.25) is 4.79 Å². The Kier molecular flexibility index (Phi) is 3.92. The van der Waals surface area contributed by atoms with Crippen LogP contribution in [0, 0.1) is 5.92 Å². The summed E-state index contributed by atoms with van der Waals surface area (Å²) in [7, 11) is -3.73. The summed E-state index contributed by atoms with van der Waals surface area (Å²) < 4.78 is 33.8. The van der Waals surface area contributed by atoms with Gasteiger partial charge in [-0.05, 0) is 24.1 Å². The highest BCUT2D eigenvalue weighted by molar-refractivity contribution is 7.89. The lowest BCUT2D eigenvalue weighted by atomic mass is 10.0. The third-order valence-electron chi connectivity index (χ3n) is 5.61. The summed E-state index contributed by atoms with van der Waals surface area (Å²) in [6, 6.07) is 5.77. The number of amides is 1. The zero-order valence-corrected chi connectivity index (χ0v) is 15.8. The minimum atomic E-state index is -3.73. The molecule has 136 valence electrons. The number of carbonyl (C=O) groups is 1. The standard InChI is InChI=1S/C17H21ClN2O4S/c1-11(2)14-10-24-17-6-7-19(15(17)9-16(21)20(14)17)25(22,23)13-5-3-4-12(18)8-13/h3-5,8,11,14-15H,6-7,9-10H2,1-2H3/t14-,15+,17-/m0/s1. The first-order valence-corrected chi connectivity index (χ1v) is 10.3. The van der Waals surface area contributed by atoms with Crippen LogP contribution in [0.1, 0.15) is 26.7 Å². The molecule has 3 saturated heterocycles. The van der Waals surface area contributed by atoms with Crippen molar-refractivity contribution < 1.29 is 17.9 Å². The Morgan fingerprint density at radius 1 is 1.36 bits per heavy atom. The van der Waals surface area contributed by atoms with Gasteiger partial charge in [0.25, 0.3) is 0 Å². The van der Waals surface area contributed by atoms with E-state index in [9.17, 15) is 13.2 Å². The molecule has 3 atom stereocenters. The molecule has 3 aliphatic heterocycles. The van der Waals surface area contributed by atoms with Gasteiger partial charge in [-0.1, -0.05) is 31.5 Å². The largest absolute Gasteiger partial charge is 0.352 e.